The smallest absolute Gasteiger partial charge is 0.252 e. The van der Waals surface area contributed by atoms with E-state index in [0.29, 0.717) is 29.3 Å². The van der Waals surface area contributed by atoms with Gasteiger partial charge < -0.3 is 15.5 Å². The second kappa shape index (κ2) is 10.6. The zero-order valence-electron chi connectivity index (χ0n) is 15.9. The summed E-state index contributed by atoms with van der Waals surface area (Å²) in [6, 6.07) is 17.1. The number of nitrogens with one attached hydrogen (secondary N) is 1. The Morgan fingerprint density at radius 3 is 2.57 bits per heavy atom. The van der Waals surface area contributed by atoms with Crippen molar-refractivity contribution >= 4 is 18.3 Å². The lowest BCUT2D eigenvalue weighted by Gasteiger charge is -2.17. The summed E-state index contributed by atoms with van der Waals surface area (Å²) in [7, 11) is 0. The van der Waals surface area contributed by atoms with Crippen LogP contribution in [0.3, 0.4) is 0 Å². The fraction of sp³-hybridized carbons (Fsp3) is 0.273. The highest BCUT2D eigenvalue weighted by Crippen LogP contribution is 2.28. The van der Waals surface area contributed by atoms with Gasteiger partial charge in [0.1, 0.15) is 0 Å². The lowest BCUT2D eigenvalue weighted by atomic mass is 10.1. The lowest BCUT2D eigenvalue weighted by molar-refractivity contribution is 0.0936. The van der Waals surface area contributed by atoms with Crippen molar-refractivity contribution in [3.8, 4) is 22.8 Å². The van der Waals surface area contributed by atoms with E-state index in [1.54, 1.807) is 12.3 Å². The van der Waals surface area contributed by atoms with Gasteiger partial charge in [0.05, 0.1) is 11.8 Å². The molecule has 1 unspecified atom stereocenters. The van der Waals surface area contributed by atoms with E-state index in [1.165, 1.54) is 0 Å². The van der Waals surface area contributed by atoms with Crippen LogP contribution in [0.1, 0.15) is 36.5 Å². The normalized spacial score (nSPS) is 11.5. The lowest BCUT2D eigenvalue weighted by Crippen LogP contribution is -2.40. The number of aromatic nitrogens is 1. The van der Waals surface area contributed by atoms with Crippen LogP contribution in [0.25, 0.3) is 22.8 Å². The van der Waals surface area contributed by atoms with Gasteiger partial charge in [-0.3, -0.25) is 4.79 Å². The van der Waals surface area contributed by atoms with Crippen LogP contribution in [0.15, 0.2) is 65.2 Å². The Morgan fingerprint density at radius 1 is 1.14 bits per heavy atom. The average molecular weight is 400 g/mol. The molecule has 28 heavy (non-hydrogen) atoms. The van der Waals surface area contributed by atoms with E-state index in [9.17, 15) is 4.79 Å². The van der Waals surface area contributed by atoms with E-state index in [4.69, 9.17) is 10.2 Å². The summed E-state index contributed by atoms with van der Waals surface area (Å²) in [6.07, 6.45) is 4.66. The van der Waals surface area contributed by atoms with Gasteiger partial charge in [0.2, 0.25) is 5.89 Å². The van der Waals surface area contributed by atoms with E-state index < -0.39 is 0 Å². The van der Waals surface area contributed by atoms with Crippen molar-refractivity contribution in [3.05, 3.63) is 66.4 Å². The van der Waals surface area contributed by atoms with E-state index in [-0.39, 0.29) is 24.4 Å². The number of nitrogens with zero attached hydrogens (tertiary/aromatic N) is 1. The number of halogens is 1. The summed E-state index contributed by atoms with van der Waals surface area (Å²) in [5, 5.41) is 3.03. The van der Waals surface area contributed by atoms with Crippen LogP contribution in [0.2, 0.25) is 0 Å². The molecule has 0 aliphatic heterocycles. The molecule has 0 aliphatic carbocycles. The summed E-state index contributed by atoms with van der Waals surface area (Å²) >= 11 is 0. The first-order chi connectivity index (χ1) is 13.2. The Labute approximate surface area is 171 Å². The van der Waals surface area contributed by atoms with Crippen molar-refractivity contribution in [2.24, 2.45) is 5.73 Å². The van der Waals surface area contributed by atoms with Crippen molar-refractivity contribution in [1.29, 1.82) is 0 Å². The van der Waals surface area contributed by atoms with Gasteiger partial charge in [-0.15, -0.1) is 12.4 Å². The molecule has 0 saturated carbocycles. The Bertz CT molecular complexity index is 880. The molecular formula is C22H26ClN3O2. The van der Waals surface area contributed by atoms with Crippen molar-refractivity contribution in [3.63, 3.8) is 0 Å². The largest absolute Gasteiger partial charge is 0.436 e. The van der Waals surface area contributed by atoms with Gasteiger partial charge in [0, 0.05) is 23.7 Å². The molecule has 0 spiro atoms. The number of amides is 1. The van der Waals surface area contributed by atoms with Gasteiger partial charge >= 0.3 is 0 Å². The quantitative estimate of drug-likeness (QED) is 0.576. The molecule has 0 radical (unpaired) electrons. The second-order valence-electron chi connectivity index (χ2n) is 6.49. The summed E-state index contributed by atoms with van der Waals surface area (Å²) in [5.41, 5.74) is 7.96. The van der Waals surface area contributed by atoms with Gasteiger partial charge in [-0.2, -0.15) is 0 Å². The van der Waals surface area contributed by atoms with Gasteiger partial charge in [0.25, 0.3) is 5.91 Å². The molecule has 3 N–H and O–H groups in total. The molecule has 0 fully saturated rings. The molecule has 2 aromatic carbocycles. The average Bonchev–Trinajstić information content (AvgIpc) is 3.21. The number of hydrogen-bond acceptors (Lipinski definition) is 4. The molecule has 0 saturated heterocycles. The third kappa shape index (κ3) is 5.21. The summed E-state index contributed by atoms with van der Waals surface area (Å²) in [6.45, 7) is 2.54. The predicted octanol–water partition coefficient (Wildman–Crippen LogP) is 4.68. The fourth-order valence-corrected chi connectivity index (χ4v) is 2.96. The minimum Gasteiger partial charge on any atom is -0.436 e. The predicted molar refractivity (Wildman–Crippen MR) is 114 cm³/mol. The number of benzene rings is 2. The van der Waals surface area contributed by atoms with E-state index >= 15 is 0 Å². The maximum Gasteiger partial charge on any atom is 0.252 e. The molecule has 0 bridgehead atoms. The molecule has 6 heteroatoms. The first-order valence-electron chi connectivity index (χ1n) is 9.34. The summed E-state index contributed by atoms with van der Waals surface area (Å²) < 4.78 is 5.93. The maximum absolute atomic E-state index is 12.8. The van der Waals surface area contributed by atoms with Crippen LogP contribution >= 0.6 is 12.4 Å². The van der Waals surface area contributed by atoms with E-state index in [1.807, 2.05) is 48.5 Å². The number of unbranched alkanes of at least 4 members (excludes halogenated alkanes) is 1. The van der Waals surface area contributed by atoms with Gasteiger partial charge in [-0.1, -0.05) is 62.2 Å². The highest BCUT2D eigenvalue weighted by Gasteiger charge is 2.19. The molecular weight excluding hydrogens is 374 g/mol. The van der Waals surface area contributed by atoms with Crippen LogP contribution in [-0.4, -0.2) is 23.5 Å². The van der Waals surface area contributed by atoms with Gasteiger partial charge in [0.15, 0.2) is 5.76 Å². The zero-order chi connectivity index (χ0) is 19.1. The van der Waals surface area contributed by atoms with E-state index in [0.717, 1.165) is 24.8 Å². The molecule has 1 aromatic heterocycles. The van der Waals surface area contributed by atoms with Crippen LogP contribution in [0.5, 0.6) is 0 Å². The first kappa shape index (κ1) is 21.7. The zero-order valence-corrected chi connectivity index (χ0v) is 16.7. The van der Waals surface area contributed by atoms with Crippen molar-refractivity contribution < 1.29 is 9.21 Å². The number of rotatable bonds is 8. The molecule has 3 aromatic rings. The Kier molecular flexibility index (Phi) is 8.23. The monoisotopic (exact) mass is 399 g/mol. The third-order valence-corrected chi connectivity index (χ3v) is 4.49. The number of carbonyl (C=O) groups is 1. The first-order valence-corrected chi connectivity index (χ1v) is 9.34. The fourth-order valence-electron chi connectivity index (χ4n) is 2.96. The Hall–Kier alpha value is -2.63. The SMILES string of the molecule is CCCCC(CN)NC(=O)c1ccccc1-c1ncc(-c2ccccc2)o1.Cl. The molecule has 3 rings (SSSR count). The Balaban J connectivity index is 0.00000280. The van der Waals surface area contributed by atoms with Crippen molar-refractivity contribution in [2.75, 3.05) is 6.54 Å². The Morgan fingerprint density at radius 2 is 1.86 bits per heavy atom. The van der Waals surface area contributed by atoms with Crippen LogP contribution in [0, 0.1) is 0 Å². The van der Waals surface area contributed by atoms with Crippen LogP contribution < -0.4 is 11.1 Å². The molecule has 148 valence electrons. The molecule has 0 aliphatic rings. The van der Waals surface area contributed by atoms with Gasteiger partial charge in [-0.05, 0) is 18.6 Å². The van der Waals surface area contributed by atoms with Crippen LogP contribution in [-0.2, 0) is 0 Å². The minimum absolute atomic E-state index is 0. The number of oxazole rings is 1. The highest BCUT2D eigenvalue weighted by atomic mass is 35.5. The number of nitrogens with two attached hydrogens (primary N) is 1. The van der Waals surface area contributed by atoms with E-state index in [2.05, 4.69) is 17.2 Å². The third-order valence-electron chi connectivity index (χ3n) is 4.49. The summed E-state index contributed by atoms with van der Waals surface area (Å²) in [4.78, 5) is 17.2. The topological polar surface area (TPSA) is 81.1 Å². The second-order valence-corrected chi connectivity index (χ2v) is 6.49. The number of carbonyl (C=O) groups excluding carboxylic acids is 1. The van der Waals surface area contributed by atoms with Gasteiger partial charge in [-0.25, -0.2) is 4.98 Å². The highest BCUT2D eigenvalue weighted by molar-refractivity contribution is 6.00. The standard InChI is InChI=1S/C22H25N3O2.ClH/c1-2-3-11-17(14-23)25-21(26)18-12-7-8-13-19(18)22-24-15-20(27-22)16-9-5-4-6-10-16;/h4-10,12-13,15,17H,2-3,11,14,23H2,1H3,(H,25,26);1H. The number of hydrogen-bond donors (Lipinski definition) is 2. The van der Waals surface area contributed by atoms with Crippen molar-refractivity contribution in [1.82, 2.24) is 10.3 Å². The molecule has 5 nitrogen and oxygen atoms in total. The molecule has 1 amide bonds. The van der Waals surface area contributed by atoms with Crippen molar-refractivity contribution in [2.45, 2.75) is 32.2 Å². The molecule has 1 atom stereocenters. The summed E-state index contributed by atoms with van der Waals surface area (Å²) in [5.74, 6) is 0.942. The molecule has 1 heterocycles. The van der Waals surface area contributed by atoms with Crippen LogP contribution in [0.4, 0.5) is 0 Å². The minimum atomic E-state index is -0.156. The maximum atomic E-state index is 12.8.